The van der Waals surface area contributed by atoms with Gasteiger partial charge in [0.1, 0.15) is 5.75 Å². The Morgan fingerprint density at radius 1 is 1.35 bits per heavy atom. The minimum atomic E-state index is 0.273. The van der Waals surface area contributed by atoms with Crippen molar-refractivity contribution in [1.29, 1.82) is 0 Å². The first-order valence-corrected chi connectivity index (χ1v) is 7.46. The number of ether oxygens (including phenoxy) is 1. The van der Waals surface area contributed by atoms with Crippen LogP contribution in [0.4, 0.5) is 0 Å². The number of aryl methyl sites for hydroxylation is 1. The molecule has 0 spiro atoms. The maximum atomic E-state index is 5.83. The highest BCUT2D eigenvalue weighted by Gasteiger charge is 2.11. The zero-order valence-corrected chi connectivity index (χ0v) is 13.2. The van der Waals surface area contributed by atoms with Gasteiger partial charge in [0, 0.05) is 18.5 Å². The fourth-order valence-corrected chi connectivity index (χ4v) is 2.26. The summed E-state index contributed by atoms with van der Waals surface area (Å²) in [7, 11) is 0. The molecule has 1 aromatic carbocycles. The Hall–Kier alpha value is -1.40. The van der Waals surface area contributed by atoms with Gasteiger partial charge in [-0.2, -0.15) is 4.98 Å². The third-order valence-corrected chi connectivity index (χ3v) is 3.40. The van der Waals surface area contributed by atoms with Crippen LogP contribution in [0.15, 0.2) is 27.2 Å². The summed E-state index contributed by atoms with van der Waals surface area (Å²) in [6.45, 7) is 6.00. The monoisotopic (exact) mass is 339 g/mol. The summed E-state index contributed by atoms with van der Waals surface area (Å²) in [6, 6.07) is 5.98. The van der Waals surface area contributed by atoms with Crippen LogP contribution in [0.25, 0.3) is 0 Å². The van der Waals surface area contributed by atoms with Gasteiger partial charge in [-0.1, -0.05) is 31.1 Å². The van der Waals surface area contributed by atoms with Gasteiger partial charge in [-0.05, 0) is 28.5 Å². The highest BCUT2D eigenvalue weighted by atomic mass is 79.9. The van der Waals surface area contributed by atoms with E-state index in [-0.39, 0.29) is 6.61 Å². The summed E-state index contributed by atoms with van der Waals surface area (Å²) in [6.07, 6.45) is 0.754. The summed E-state index contributed by atoms with van der Waals surface area (Å²) in [5.41, 5.74) is 1.09. The standard InChI is InChI=1S/C14H18BrN3O2/c1-3-12-17-13(20-18-12)9-19-14-10(8-16-4-2)6-5-7-11(14)15/h5-7,16H,3-4,8-9H2,1-2H3. The Kier molecular flexibility index (Phi) is 5.55. The Balaban J connectivity index is 2.07. The van der Waals surface area contributed by atoms with Crippen LogP contribution in [0, 0.1) is 0 Å². The van der Waals surface area contributed by atoms with Crippen LogP contribution >= 0.6 is 15.9 Å². The van der Waals surface area contributed by atoms with Gasteiger partial charge in [0.25, 0.3) is 5.89 Å². The predicted octanol–water partition coefficient (Wildman–Crippen LogP) is 3.08. The van der Waals surface area contributed by atoms with Crippen LogP contribution in [0.3, 0.4) is 0 Å². The van der Waals surface area contributed by atoms with Crippen molar-refractivity contribution in [2.75, 3.05) is 6.54 Å². The molecule has 0 atom stereocenters. The highest BCUT2D eigenvalue weighted by Crippen LogP contribution is 2.29. The van der Waals surface area contributed by atoms with E-state index < -0.39 is 0 Å². The number of halogens is 1. The molecular formula is C14H18BrN3O2. The van der Waals surface area contributed by atoms with Crippen molar-refractivity contribution < 1.29 is 9.26 Å². The minimum Gasteiger partial charge on any atom is -0.482 e. The molecule has 0 amide bonds. The van der Waals surface area contributed by atoms with Crippen LogP contribution < -0.4 is 10.1 Å². The molecular weight excluding hydrogens is 322 g/mol. The summed E-state index contributed by atoms with van der Waals surface area (Å²) >= 11 is 3.51. The number of aromatic nitrogens is 2. The maximum absolute atomic E-state index is 5.83. The summed E-state index contributed by atoms with van der Waals surface area (Å²) in [5, 5.41) is 7.14. The van der Waals surface area contributed by atoms with Gasteiger partial charge >= 0.3 is 0 Å². The van der Waals surface area contributed by atoms with Gasteiger partial charge in [0.15, 0.2) is 12.4 Å². The molecule has 6 heteroatoms. The zero-order chi connectivity index (χ0) is 14.4. The first kappa shape index (κ1) is 15.0. The Bertz CT molecular complexity index is 557. The van der Waals surface area contributed by atoms with Crippen molar-refractivity contribution in [3.63, 3.8) is 0 Å². The molecule has 0 saturated heterocycles. The Morgan fingerprint density at radius 3 is 2.90 bits per heavy atom. The van der Waals surface area contributed by atoms with E-state index in [2.05, 4.69) is 38.3 Å². The number of nitrogens with zero attached hydrogens (tertiary/aromatic N) is 2. The number of nitrogens with one attached hydrogen (secondary N) is 1. The molecule has 0 aliphatic heterocycles. The van der Waals surface area contributed by atoms with Crippen molar-refractivity contribution in [3.05, 3.63) is 40.0 Å². The van der Waals surface area contributed by atoms with E-state index in [1.54, 1.807) is 0 Å². The van der Waals surface area contributed by atoms with Gasteiger partial charge < -0.3 is 14.6 Å². The molecule has 2 rings (SSSR count). The second-order valence-corrected chi connectivity index (χ2v) is 5.11. The molecule has 1 heterocycles. The SMILES string of the molecule is CCNCc1cccc(Br)c1OCc1nc(CC)no1. The quantitative estimate of drug-likeness (QED) is 0.839. The van der Waals surface area contributed by atoms with Crippen LogP contribution in [0.5, 0.6) is 5.75 Å². The van der Waals surface area contributed by atoms with Crippen molar-refractivity contribution in [1.82, 2.24) is 15.5 Å². The largest absolute Gasteiger partial charge is 0.482 e. The van der Waals surface area contributed by atoms with Gasteiger partial charge in [0.05, 0.1) is 4.47 Å². The third kappa shape index (κ3) is 3.80. The van der Waals surface area contributed by atoms with Crippen molar-refractivity contribution in [2.45, 2.75) is 33.4 Å². The van der Waals surface area contributed by atoms with E-state index in [1.165, 1.54) is 0 Å². The van der Waals surface area contributed by atoms with Crippen molar-refractivity contribution >= 4 is 15.9 Å². The van der Waals surface area contributed by atoms with Crippen molar-refractivity contribution in [3.8, 4) is 5.75 Å². The lowest BCUT2D eigenvalue weighted by Crippen LogP contribution is -2.13. The number of hydrogen-bond donors (Lipinski definition) is 1. The fraction of sp³-hybridized carbons (Fsp3) is 0.429. The zero-order valence-electron chi connectivity index (χ0n) is 11.6. The topological polar surface area (TPSA) is 60.2 Å². The van der Waals surface area contributed by atoms with E-state index in [0.29, 0.717) is 11.7 Å². The Morgan fingerprint density at radius 2 is 2.20 bits per heavy atom. The summed E-state index contributed by atoms with van der Waals surface area (Å²) in [4.78, 5) is 4.23. The molecule has 1 aromatic heterocycles. The summed E-state index contributed by atoms with van der Waals surface area (Å²) in [5.74, 6) is 2.00. The van der Waals surface area contributed by atoms with E-state index in [0.717, 1.165) is 35.3 Å². The average Bonchev–Trinajstić information content (AvgIpc) is 2.92. The van der Waals surface area contributed by atoms with Crippen LogP contribution in [-0.2, 0) is 19.6 Å². The Labute approximate surface area is 126 Å². The lowest BCUT2D eigenvalue weighted by atomic mass is 10.2. The highest BCUT2D eigenvalue weighted by molar-refractivity contribution is 9.10. The molecule has 0 saturated carbocycles. The minimum absolute atomic E-state index is 0.273. The number of rotatable bonds is 7. The summed E-state index contributed by atoms with van der Waals surface area (Å²) < 4.78 is 11.9. The van der Waals surface area contributed by atoms with Crippen LogP contribution in [0.1, 0.15) is 31.1 Å². The molecule has 2 aromatic rings. The second kappa shape index (κ2) is 7.40. The fourth-order valence-electron chi connectivity index (χ4n) is 1.74. The molecule has 0 fully saturated rings. The van der Waals surface area contributed by atoms with E-state index in [9.17, 15) is 0 Å². The second-order valence-electron chi connectivity index (χ2n) is 4.25. The molecule has 0 aliphatic carbocycles. The number of benzene rings is 1. The molecule has 108 valence electrons. The first-order chi connectivity index (χ1) is 9.74. The molecule has 5 nitrogen and oxygen atoms in total. The number of para-hydroxylation sites is 1. The van der Waals surface area contributed by atoms with Crippen LogP contribution in [0.2, 0.25) is 0 Å². The van der Waals surface area contributed by atoms with E-state index >= 15 is 0 Å². The van der Waals surface area contributed by atoms with Gasteiger partial charge in [-0.3, -0.25) is 0 Å². The lowest BCUT2D eigenvalue weighted by Gasteiger charge is -2.12. The predicted molar refractivity (Wildman–Crippen MR) is 79.5 cm³/mol. The van der Waals surface area contributed by atoms with E-state index in [1.807, 2.05) is 25.1 Å². The molecule has 20 heavy (non-hydrogen) atoms. The molecule has 0 aliphatic rings. The molecule has 0 unspecified atom stereocenters. The van der Waals surface area contributed by atoms with Crippen LogP contribution in [-0.4, -0.2) is 16.7 Å². The van der Waals surface area contributed by atoms with Gasteiger partial charge in [-0.15, -0.1) is 0 Å². The van der Waals surface area contributed by atoms with Gasteiger partial charge in [-0.25, -0.2) is 0 Å². The lowest BCUT2D eigenvalue weighted by molar-refractivity contribution is 0.239. The smallest absolute Gasteiger partial charge is 0.264 e. The maximum Gasteiger partial charge on any atom is 0.264 e. The first-order valence-electron chi connectivity index (χ1n) is 6.67. The normalized spacial score (nSPS) is 10.8. The third-order valence-electron chi connectivity index (χ3n) is 2.78. The molecule has 1 N–H and O–H groups in total. The molecule has 0 bridgehead atoms. The number of hydrogen-bond acceptors (Lipinski definition) is 5. The average molecular weight is 340 g/mol. The molecule has 0 radical (unpaired) electrons. The van der Waals surface area contributed by atoms with Gasteiger partial charge in [0.2, 0.25) is 0 Å². The van der Waals surface area contributed by atoms with E-state index in [4.69, 9.17) is 9.26 Å². The van der Waals surface area contributed by atoms with Crippen molar-refractivity contribution in [2.24, 2.45) is 0 Å².